The Balaban J connectivity index is 2.48. The van der Waals surface area contributed by atoms with Crippen LogP contribution in [0, 0.1) is 0 Å². The van der Waals surface area contributed by atoms with Crippen molar-refractivity contribution >= 4 is 15.9 Å². The van der Waals surface area contributed by atoms with Crippen LogP contribution in [0.15, 0.2) is 0 Å². The average molecular weight is 321 g/mol. The molecule has 4 heteroatoms. The first-order valence-electron chi connectivity index (χ1n) is 7.39. The van der Waals surface area contributed by atoms with Crippen LogP contribution in [0.4, 0.5) is 0 Å². The highest BCUT2D eigenvalue weighted by Gasteiger charge is 2.24. The van der Waals surface area contributed by atoms with E-state index in [2.05, 4.69) is 46.5 Å². The lowest BCUT2D eigenvalue weighted by molar-refractivity contribution is -0.0467. The number of halogens is 1. The normalized spacial score (nSPS) is 22.0. The van der Waals surface area contributed by atoms with Gasteiger partial charge in [-0.3, -0.25) is 9.80 Å². The van der Waals surface area contributed by atoms with E-state index in [1.165, 1.54) is 12.8 Å². The van der Waals surface area contributed by atoms with Gasteiger partial charge in [-0.05, 0) is 19.4 Å². The Hall–Kier alpha value is 0.360. The van der Waals surface area contributed by atoms with E-state index in [9.17, 15) is 0 Å². The lowest BCUT2D eigenvalue weighted by Gasteiger charge is -2.37. The molecule has 108 valence electrons. The minimum atomic E-state index is 0.387. The standard InChI is InChI=1S/C14H29BrN2O/c1-4-13(5-2)17(8-7-15)12-14-11-16(6-3)9-10-18-14/h13-14H,4-12H2,1-3H3. The summed E-state index contributed by atoms with van der Waals surface area (Å²) < 4.78 is 5.93. The second-order valence-corrected chi connectivity index (χ2v) is 5.83. The SMILES string of the molecule is CCC(CC)N(CCBr)CC1CN(CC)CCO1. The second-order valence-electron chi connectivity index (χ2n) is 5.04. The fourth-order valence-corrected chi connectivity index (χ4v) is 3.23. The molecule has 0 N–H and O–H groups in total. The molecule has 0 amide bonds. The fourth-order valence-electron chi connectivity index (χ4n) is 2.78. The quantitative estimate of drug-likeness (QED) is 0.639. The first-order valence-corrected chi connectivity index (χ1v) is 8.51. The van der Waals surface area contributed by atoms with Gasteiger partial charge < -0.3 is 4.74 Å². The van der Waals surface area contributed by atoms with Crippen LogP contribution in [0.5, 0.6) is 0 Å². The Morgan fingerprint density at radius 2 is 2.06 bits per heavy atom. The van der Waals surface area contributed by atoms with Gasteiger partial charge in [0.15, 0.2) is 0 Å². The first-order chi connectivity index (χ1) is 8.74. The van der Waals surface area contributed by atoms with Crippen molar-refractivity contribution in [2.75, 3.05) is 44.7 Å². The van der Waals surface area contributed by atoms with Gasteiger partial charge in [0.05, 0.1) is 12.7 Å². The van der Waals surface area contributed by atoms with E-state index in [0.29, 0.717) is 12.1 Å². The molecular weight excluding hydrogens is 292 g/mol. The summed E-state index contributed by atoms with van der Waals surface area (Å²) in [4.78, 5) is 5.09. The number of hydrogen-bond acceptors (Lipinski definition) is 3. The van der Waals surface area contributed by atoms with E-state index in [1.54, 1.807) is 0 Å². The molecule has 1 aliphatic heterocycles. The van der Waals surface area contributed by atoms with Crippen molar-refractivity contribution in [2.24, 2.45) is 0 Å². The number of likely N-dealkylation sites (N-methyl/N-ethyl adjacent to an activating group) is 1. The van der Waals surface area contributed by atoms with E-state index in [1.807, 2.05) is 0 Å². The summed E-state index contributed by atoms with van der Waals surface area (Å²) in [7, 11) is 0. The minimum Gasteiger partial charge on any atom is -0.374 e. The van der Waals surface area contributed by atoms with Gasteiger partial charge in [0.2, 0.25) is 0 Å². The Morgan fingerprint density at radius 3 is 2.61 bits per heavy atom. The van der Waals surface area contributed by atoms with E-state index >= 15 is 0 Å². The molecule has 3 nitrogen and oxygen atoms in total. The van der Waals surface area contributed by atoms with Gasteiger partial charge in [0.1, 0.15) is 0 Å². The van der Waals surface area contributed by atoms with Crippen LogP contribution in [-0.2, 0) is 4.74 Å². The Morgan fingerprint density at radius 1 is 1.33 bits per heavy atom. The molecule has 0 aromatic carbocycles. The topological polar surface area (TPSA) is 15.7 Å². The van der Waals surface area contributed by atoms with E-state index in [-0.39, 0.29) is 0 Å². The maximum absolute atomic E-state index is 5.93. The molecule has 1 rings (SSSR count). The molecule has 0 aliphatic carbocycles. The predicted octanol–water partition coefficient (Wildman–Crippen LogP) is 2.59. The fraction of sp³-hybridized carbons (Fsp3) is 1.00. The molecule has 18 heavy (non-hydrogen) atoms. The van der Waals surface area contributed by atoms with Gasteiger partial charge in [-0.15, -0.1) is 0 Å². The van der Waals surface area contributed by atoms with Crippen molar-refractivity contribution < 1.29 is 4.74 Å². The molecule has 1 atom stereocenters. The van der Waals surface area contributed by atoms with E-state index < -0.39 is 0 Å². The van der Waals surface area contributed by atoms with Crippen molar-refractivity contribution in [2.45, 2.75) is 45.8 Å². The molecule has 0 bridgehead atoms. The van der Waals surface area contributed by atoms with Crippen LogP contribution in [0.2, 0.25) is 0 Å². The molecule has 1 fully saturated rings. The number of morpholine rings is 1. The summed E-state index contributed by atoms with van der Waals surface area (Å²) in [5, 5.41) is 1.05. The highest BCUT2D eigenvalue weighted by Crippen LogP contribution is 2.13. The molecule has 0 aromatic rings. The van der Waals surface area contributed by atoms with Crippen LogP contribution >= 0.6 is 15.9 Å². The van der Waals surface area contributed by atoms with E-state index in [4.69, 9.17) is 4.74 Å². The van der Waals surface area contributed by atoms with Crippen molar-refractivity contribution in [1.82, 2.24) is 9.80 Å². The maximum Gasteiger partial charge on any atom is 0.0829 e. The molecule has 0 radical (unpaired) electrons. The average Bonchev–Trinajstić information content (AvgIpc) is 2.40. The third-order valence-electron chi connectivity index (χ3n) is 3.94. The molecule has 1 saturated heterocycles. The summed E-state index contributed by atoms with van der Waals surface area (Å²) in [5.74, 6) is 0. The largest absolute Gasteiger partial charge is 0.374 e. The van der Waals surface area contributed by atoms with Crippen molar-refractivity contribution in [1.29, 1.82) is 0 Å². The van der Waals surface area contributed by atoms with Crippen molar-refractivity contribution in [3.05, 3.63) is 0 Å². The van der Waals surface area contributed by atoms with Crippen molar-refractivity contribution in [3.8, 4) is 0 Å². The summed E-state index contributed by atoms with van der Waals surface area (Å²) in [6, 6.07) is 0.697. The Labute approximate surface area is 121 Å². The predicted molar refractivity (Wildman–Crippen MR) is 81.6 cm³/mol. The molecule has 1 unspecified atom stereocenters. The number of rotatable bonds is 8. The smallest absolute Gasteiger partial charge is 0.0829 e. The zero-order valence-electron chi connectivity index (χ0n) is 12.2. The highest BCUT2D eigenvalue weighted by atomic mass is 79.9. The van der Waals surface area contributed by atoms with Crippen LogP contribution in [0.25, 0.3) is 0 Å². The summed E-state index contributed by atoms with van der Waals surface area (Å²) in [6.07, 6.45) is 2.85. The summed E-state index contributed by atoms with van der Waals surface area (Å²) >= 11 is 3.57. The molecule has 1 aliphatic rings. The van der Waals surface area contributed by atoms with Crippen LogP contribution < -0.4 is 0 Å². The molecule has 0 saturated carbocycles. The summed E-state index contributed by atoms with van der Waals surface area (Å²) in [6.45, 7) is 13.2. The van der Waals surface area contributed by atoms with Crippen LogP contribution in [-0.4, -0.2) is 66.6 Å². The van der Waals surface area contributed by atoms with Gasteiger partial charge in [0, 0.05) is 37.6 Å². The van der Waals surface area contributed by atoms with E-state index in [0.717, 1.165) is 44.7 Å². The summed E-state index contributed by atoms with van der Waals surface area (Å²) in [5.41, 5.74) is 0. The van der Waals surface area contributed by atoms with Crippen molar-refractivity contribution in [3.63, 3.8) is 0 Å². The lowest BCUT2D eigenvalue weighted by Crippen LogP contribution is -2.49. The van der Waals surface area contributed by atoms with Gasteiger partial charge in [-0.2, -0.15) is 0 Å². The lowest BCUT2D eigenvalue weighted by atomic mass is 10.1. The Bertz CT molecular complexity index is 212. The molecular formula is C14H29BrN2O. The number of nitrogens with zero attached hydrogens (tertiary/aromatic N) is 2. The molecule has 1 heterocycles. The first kappa shape index (κ1) is 16.4. The number of alkyl halides is 1. The third-order valence-corrected chi connectivity index (χ3v) is 4.29. The van der Waals surface area contributed by atoms with Gasteiger partial charge in [-0.25, -0.2) is 0 Å². The van der Waals surface area contributed by atoms with Gasteiger partial charge in [-0.1, -0.05) is 36.7 Å². The van der Waals surface area contributed by atoms with Gasteiger partial charge >= 0.3 is 0 Å². The minimum absolute atomic E-state index is 0.387. The number of hydrogen-bond donors (Lipinski definition) is 0. The zero-order chi connectivity index (χ0) is 13.4. The zero-order valence-corrected chi connectivity index (χ0v) is 13.8. The second kappa shape index (κ2) is 9.29. The van der Waals surface area contributed by atoms with Gasteiger partial charge in [0.25, 0.3) is 0 Å². The maximum atomic E-state index is 5.93. The highest BCUT2D eigenvalue weighted by molar-refractivity contribution is 9.09. The van der Waals surface area contributed by atoms with Crippen LogP contribution in [0.1, 0.15) is 33.6 Å². The Kier molecular flexibility index (Phi) is 8.47. The third kappa shape index (κ3) is 5.16. The molecule has 0 aromatic heterocycles. The monoisotopic (exact) mass is 320 g/mol. The number of ether oxygens (including phenoxy) is 1. The molecule has 0 spiro atoms. The van der Waals surface area contributed by atoms with Crippen LogP contribution in [0.3, 0.4) is 0 Å².